The van der Waals surface area contributed by atoms with Gasteiger partial charge in [0, 0.05) is 36.1 Å². The lowest BCUT2D eigenvalue weighted by Crippen LogP contribution is -2.41. The van der Waals surface area contributed by atoms with E-state index in [1.807, 2.05) is 49.4 Å². The maximum Gasteiger partial charge on any atom is 0.229 e. The Kier molecular flexibility index (Phi) is 6.10. The number of anilines is 2. The van der Waals surface area contributed by atoms with Crippen LogP contribution in [-0.4, -0.2) is 29.0 Å². The van der Waals surface area contributed by atoms with Crippen molar-refractivity contribution in [2.45, 2.75) is 29.7 Å². The van der Waals surface area contributed by atoms with Crippen LogP contribution >= 0.6 is 11.8 Å². The van der Waals surface area contributed by atoms with E-state index in [-0.39, 0.29) is 11.8 Å². The number of nitrogens with one attached hydrogen (secondary N) is 1. The molecule has 4 rings (SSSR count). The minimum Gasteiger partial charge on any atom is -0.354 e. The Labute approximate surface area is 175 Å². The van der Waals surface area contributed by atoms with Crippen LogP contribution in [0.5, 0.6) is 0 Å². The molecule has 3 aromatic rings. The lowest BCUT2D eigenvalue weighted by atomic mass is 9.97. The van der Waals surface area contributed by atoms with E-state index in [4.69, 9.17) is 0 Å². The van der Waals surface area contributed by atoms with E-state index in [0.717, 1.165) is 40.8 Å². The minimum absolute atomic E-state index is 0.0679. The second kappa shape index (κ2) is 9.09. The molecule has 0 unspecified atom stereocenters. The Bertz CT molecular complexity index is 962. The highest BCUT2D eigenvalue weighted by Gasteiger charge is 2.28. The highest BCUT2D eigenvalue weighted by molar-refractivity contribution is 7.99. The molecule has 0 bridgehead atoms. The van der Waals surface area contributed by atoms with Gasteiger partial charge in [0.25, 0.3) is 0 Å². The smallest absolute Gasteiger partial charge is 0.229 e. The number of amides is 1. The number of rotatable bonds is 5. The van der Waals surface area contributed by atoms with Gasteiger partial charge in [-0.3, -0.25) is 4.79 Å². The summed E-state index contributed by atoms with van der Waals surface area (Å²) in [7, 11) is 0. The van der Waals surface area contributed by atoms with Gasteiger partial charge in [-0.25, -0.2) is 9.97 Å². The molecule has 0 spiro atoms. The number of hydrogen-bond acceptors (Lipinski definition) is 5. The first-order chi connectivity index (χ1) is 14.2. The fourth-order valence-corrected chi connectivity index (χ4v) is 4.37. The maximum atomic E-state index is 12.8. The number of aryl methyl sites for hydroxylation is 1. The molecule has 0 aliphatic carbocycles. The SMILES string of the molecule is Cc1ccc(NC(=O)[C@@H]2CCCN(c3nccnc3Sc3ccccc3)C2)cc1. The molecule has 1 atom stereocenters. The summed E-state index contributed by atoms with van der Waals surface area (Å²) in [5, 5.41) is 3.93. The van der Waals surface area contributed by atoms with Gasteiger partial charge in [-0.1, -0.05) is 47.7 Å². The van der Waals surface area contributed by atoms with Crippen LogP contribution < -0.4 is 10.2 Å². The van der Waals surface area contributed by atoms with Crippen LogP contribution in [0.4, 0.5) is 11.5 Å². The molecule has 1 saturated heterocycles. The Morgan fingerprint density at radius 1 is 1.07 bits per heavy atom. The van der Waals surface area contributed by atoms with Crippen LogP contribution in [0.15, 0.2) is 76.9 Å². The second-order valence-corrected chi connectivity index (χ2v) is 8.30. The standard InChI is InChI=1S/C23H24N4OS/c1-17-9-11-19(12-10-17)26-22(28)18-6-5-15-27(16-18)21-23(25-14-13-24-21)29-20-7-3-2-4-8-20/h2-4,7-14,18H,5-6,15-16H2,1H3,(H,26,28)/t18-/m1/s1. The predicted octanol–water partition coefficient (Wildman–Crippen LogP) is 4.79. The molecular weight excluding hydrogens is 380 g/mol. The molecule has 1 aliphatic heterocycles. The molecule has 5 nitrogen and oxygen atoms in total. The van der Waals surface area contributed by atoms with Crippen LogP contribution in [0.1, 0.15) is 18.4 Å². The zero-order chi connectivity index (χ0) is 20.1. The largest absolute Gasteiger partial charge is 0.354 e. The van der Waals surface area contributed by atoms with Crippen molar-refractivity contribution in [1.29, 1.82) is 0 Å². The van der Waals surface area contributed by atoms with Gasteiger partial charge in [0.15, 0.2) is 5.82 Å². The van der Waals surface area contributed by atoms with Gasteiger partial charge in [-0.05, 0) is 44.0 Å². The van der Waals surface area contributed by atoms with E-state index in [1.165, 1.54) is 5.56 Å². The first kappa shape index (κ1) is 19.5. The molecule has 1 amide bonds. The monoisotopic (exact) mass is 404 g/mol. The number of piperidine rings is 1. The quantitative estimate of drug-likeness (QED) is 0.662. The summed E-state index contributed by atoms with van der Waals surface area (Å²) in [6.07, 6.45) is 5.29. The fraction of sp³-hybridized carbons (Fsp3) is 0.261. The van der Waals surface area contributed by atoms with Crippen molar-refractivity contribution in [3.63, 3.8) is 0 Å². The van der Waals surface area contributed by atoms with Crippen LogP contribution in [0.25, 0.3) is 0 Å². The molecule has 0 saturated carbocycles. The molecular formula is C23H24N4OS. The highest BCUT2D eigenvalue weighted by Crippen LogP contribution is 2.34. The van der Waals surface area contributed by atoms with Crippen LogP contribution in [0, 0.1) is 12.8 Å². The summed E-state index contributed by atoms with van der Waals surface area (Å²) in [5.74, 6) is 0.857. The van der Waals surface area contributed by atoms with Gasteiger partial charge in [0.2, 0.25) is 5.91 Å². The van der Waals surface area contributed by atoms with E-state index >= 15 is 0 Å². The van der Waals surface area contributed by atoms with Gasteiger partial charge >= 0.3 is 0 Å². The Morgan fingerprint density at radius 2 is 1.83 bits per heavy atom. The summed E-state index contributed by atoms with van der Waals surface area (Å²) >= 11 is 1.61. The first-order valence-corrected chi connectivity index (χ1v) is 10.7. The third-order valence-corrected chi connectivity index (χ3v) is 6.00. The maximum absolute atomic E-state index is 12.8. The summed E-state index contributed by atoms with van der Waals surface area (Å²) < 4.78 is 0. The predicted molar refractivity (Wildman–Crippen MR) is 117 cm³/mol. The zero-order valence-electron chi connectivity index (χ0n) is 16.4. The van der Waals surface area contributed by atoms with Crippen LogP contribution in [-0.2, 0) is 4.79 Å². The van der Waals surface area contributed by atoms with Crippen molar-refractivity contribution in [1.82, 2.24) is 9.97 Å². The molecule has 2 aromatic carbocycles. The van der Waals surface area contributed by atoms with Crippen LogP contribution in [0.3, 0.4) is 0 Å². The molecule has 1 N–H and O–H groups in total. The van der Waals surface area contributed by atoms with E-state index in [2.05, 4.69) is 32.3 Å². The van der Waals surface area contributed by atoms with Crippen molar-refractivity contribution >= 4 is 29.2 Å². The lowest BCUT2D eigenvalue weighted by Gasteiger charge is -2.33. The van der Waals surface area contributed by atoms with Crippen LogP contribution in [0.2, 0.25) is 0 Å². The highest BCUT2D eigenvalue weighted by atomic mass is 32.2. The van der Waals surface area contributed by atoms with Crippen molar-refractivity contribution in [2.75, 3.05) is 23.3 Å². The van der Waals surface area contributed by atoms with Crippen molar-refractivity contribution in [2.24, 2.45) is 5.92 Å². The topological polar surface area (TPSA) is 58.1 Å². The number of aromatic nitrogens is 2. The van der Waals surface area contributed by atoms with E-state index in [9.17, 15) is 4.79 Å². The summed E-state index contributed by atoms with van der Waals surface area (Å²) in [5.41, 5.74) is 2.02. The summed E-state index contributed by atoms with van der Waals surface area (Å²) in [6.45, 7) is 3.57. The van der Waals surface area contributed by atoms with Crippen molar-refractivity contribution in [3.8, 4) is 0 Å². The Hall–Kier alpha value is -2.86. The fourth-order valence-electron chi connectivity index (χ4n) is 3.47. The first-order valence-electron chi connectivity index (χ1n) is 9.85. The molecule has 1 aliphatic rings. The minimum atomic E-state index is -0.0679. The molecule has 1 fully saturated rings. The molecule has 0 radical (unpaired) electrons. The van der Waals surface area contributed by atoms with E-state index in [1.54, 1.807) is 24.2 Å². The van der Waals surface area contributed by atoms with Gasteiger partial charge in [-0.15, -0.1) is 0 Å². The Balaban J connectivity index is 1.47. The van der Waals surface area contributed by atoms with Crippen molar-refractivity contribution in [3.05, 3.63) is 72.6 Å². The third kappa shape index (κ3) is 4.95. The summed E-state index contributed by atoms with van der Waals surface area (Å²) in [4.78, 5) is 25.3. The number of benzene rings is 2. The molecule has 2 heterocycles. The van der Waals surface area contributed by atoms with Gasteiger partial charge in [-0.2, -0.15) is 0 Å². The van der Waals surface area contributed by atoms with Gasteiger partial charge in [0.05, 0.1) is 5.92 Å². The molecule has 6 heteroatoms. The van der Waals surface area contributed by atoms with Gasteiger partial charge in [0.1, 0.15) is 5.03 Å². The molecule has 1 aromatic heterocycles. The number of nitrogens with zero attached hydrogens (tertiary/aromatic N) is 3. The average Bonchev–Trinajstić information content (AvgIpc) is 2.76. The lowest BCUT2D eigenvalue weighted by molar-refractivity contribution is -0.120. The molecule has 148 valence electrons. The molecule has 29 heavy (non-hydrogen) atoms. The van der Waals surface area contributed by atoms with Crippen molar-refractivity contribution < 1.29 is 4.79 Å². The van der Waals surface area contributed by atoms with Gasteiger partial charge < -0.3 is 10.2 Å². The Morgan fingerprint density at radius 3 is 2.62 bits per heavy atom. The third-order valence-electron chi connectivity index (χ3n) is 5.02. The number of hydrogen-bond donors (Lipinski definition) is 1. The number of carbonyl (C=O) groups excluding carboxylic acids is 1. The zero-order valence-corrected chi connectivity index (χ0v) is 17.2. The number of carbonyl (C=O) groups is 1. The summed E-state index contributed by atoms with van der Waals surface area (Å²) in [6, 6.07) is 18.1. The van der Waals surface area contributed by atoms with E-state index < -0.39 is 0 Å². The second-order valence-electron chi connectivity index (χ2n) is 7.24. The normalized spacial score (nSPS) is 16.4. The van der Waals surface area contributed by atoms with E-state index in [0.29, 0.717) is 6.54 Å². The average molecular weight is 405 g/mol.